The molecule has 2 rings (SSSR count). The van der Waals surface area contributed by atoms with E-state index < -0.39 is 0 Å². The Hall–Kier alpha value is -1.36. The summed E-state index contributed by atoms with van der Waals surface area (Å²) in [5, 5.41) is 4.93. The molecule has 1 aromatic heterocycles. The lowest BCUT2D eigenvalue weighted by Crippen LogP contribution is -2.46. The van der Waals surface area contributed by atoms with Crippen LogP contribution in [0, 0.1) is 0 Å². The molecular weight excluding hydrogens is 272 g/mol. The first kappa shape index (κ1) is 15.0. The molecule has 0 unspecified atom stereocenters. The van der Waals surface area contributed by atoms with Gasteiger partial charge in [0, 0.05) is 24.9 Å². The van der Waals surface area contributed by atoms with Crippen LogP contribution in [-0.2, 0) is 16.0 Å². The molecule has 1 aromatic rings. The molecule has 0 bridgehead atoms. The molecule has 110 valence electrons. The van der Waals surface area contributed by atoms with Crippen molar-refractivity contribution >= 4 is 23.2 Å². The second-order valence-electron chi connectivity index (χ2n) is 5.24. The van der Waals surface area contributed by atoms with Crippen LogP contribution >= 0.6 is 11.3 Å². The van der Waals surface area contributed by atoms with Crippen LogP contribution in [0.3, 0.4) is 0 Å². The Morgan fingerprint density at radius 2 is 2.35 bits per heavy atom. The number of carbonyl (C=O) groups excluding carboxylic acids is 2. The first-order valence-electron chi connectivity index (χ1n) is 7.24. The minimum Gasteiger partial charge on any atom is -0.354 e. The average molecular weight is 294 g/mol. The maximum absolute atomic E-state index is 12.2. The van der Waals surface area contributed by atoms with E-state index in [-0.39, 0.29) is 17.9 Å². The van der Waals surface area contributed by atoms with Crippen molar-refractivity contribution in [3.8, 4) is 0 Å². The number of thiophene rings is 1. The number of rotatable bonds is 5. The SMILES string of the molecule is CN(C(=O)CCCc1cccs1)[C@H]1CCCCNC1=O. The lowest BCUT2D eigenvalue weighted by Gasteiger charge is -2.25. The molecule has 20 heavy (non-hydrogen) atoms. The number of nitrogens with zero attached hydrogens (tertiary/aromatic N) is 1. The summed E-state index contributed by atoms with van der Waals surface area (Å²) in [6, 6.07) is 3.84. The van der Waals surface area contributed by atoms with Crippen molar-refractivity contribution in [2.45, 2.75) is 44.6 Å². The molecule has 0 radical (unpaired) electrons. The van der Waals surface area contributed by atoms with E-state index in [0.29, 0.717) is 6.42 Å². The fourth-order valence-electron chi connectivity index (χ4n) is 2.51. The summed E-state index contributed by atoms with van der Waals surface area (Å²) >= 11 is 1.73. The van der Waals surface area contributed by atoms with Crippen molar-refractivity contribution < 1.29 is 9.59 Å². The maximum Gasteiger partial charge on any atom is 0.242 e. The smallest absolute Gasteiger partial charge is 0.242 e. The molecule has 5 heteroatoms. The maximum atomic E-state index is 12.2. The normalized spacial score (nSPS) is 19.2. The third-order valence-corrected chi connectivity index (χ3v) is 4.70. The number of hydrogen-bond donors (Lipinski definition) is 1. The van der Waals surface area contributed by atoms with Crippen LogP contribution in [0.15, 0.2) is 17.5 Å². The Morgan fingerprint density at radius 3 is 3.10 bits per heavy atom. The summed E-state index contributed by atoms with van der Waals surface area (Å²) in [5.74, 6) is 0.0696. The Labute approximate surface area is 124 Å². The number of carbonyl (C=O) groups is 2. The van der Waals surface area contributed by atoms with Crippen LogP contribution in [0.4, 0.5) is 0 Å². The average Bonchev–Trinajstić information content (AvgIpc) is 2.86. The van der Waals surface area contributed by atoms with Crippen molar-refractivity contribution in [3.63, 3.8) is 0 Å². The topological polar surface area (TPSA) is 49.4 Å². The summed E-state index contributed by atoms with van der Waals surface area (Å²) in [5.41, 5.74) is 0. The summed E-state index contributed by atoms with van der Waals surface area (Å²) in [7, 11) is 1.75. The Bertz CT molecular complexity index is 445. The van der Waals surface area contributed by atoms with E-state index in [4.69, 9.17) is 0 Å². The van der Waals surface area contributed by atoms with E-state index in [0.717, 1.165) is 38.6 Å². The molecule has 0 aromatic carbocycles. The van der Waals surface area contributed by atoms with Gasteiger partial charge in [0.15, 0.2) is 0 Å². The van der Waals surface area contributed by atoms with Gasteiger partial charge in [-0.3, -0.25) is 9.59 Å². The fourth-order valence-corrected chi connectivity index (χ4v) is 3.26. The molecule has 1 fully saturated rings. The highest BCUT2D eigenvalue weighted by Crippen LogP contribution is 2.15. The fraction of sp³-hybridized carbons (Fsp3) is 0.600. The number of nitrogens with one attached hydrogen (secondary N) is 1. The summed E-state index contributed by atoms with van der Waals surface area (Å²) < 4.78 is 0. The lowest BCUT2D eigenvalue weighted by atomic mass is 10.1. The van der Waals surface area contributed by atoms with Crippen molar-refractivity contribution in [2.75, 3.05) is 13.6 Å². The first-order chi connectivity index (χ1) is 9.68. The Balaban J connectivity index is 1.79. The number of amides is 2. The molecule has 2 amide bonds. The van der Waals surface area contributed by atoms with Crippen molar-refractivity contribution in [2.24, 2.45) is 0 Å². The van der Waals surface area contributed by atoms with Gasteiger partial charge in [0.25, 0.3) is 0 Å². The van der Waals surface area contributed by atoms with E-state index in [2.05, 4.69) is 16.8 Å². The number of hydrogen-bond acceptors (Lipinski definition) is 3. The van der Waals surface area contributed by atoms with Crippen LogP contribution in [0.2, 0.25) is 0 Å². The number of likely N-dealkylation sites (N-methyl/N-ethyl adjacent to an activating group) is 1. The number of aryl methyl sites for hydroxylation is 1. The van der Waals surface area contributed by atoms with Gasteiger partial charge in [-0.15, -0.1) is 11.3 Å². The minimum absolute atomic E-state index is 0.00314. The van der Waals surface area contributed by atoms with Gasteiger partial charge in [-0.2, -0.15) is 0 Å². The molecule has 1 atom stereocenters. The molecule has 1 N–H and O–H groups in total. The Kier molecular flexibility index (Phi) is 5.59. The second-order valence-corrected chi connectivity index (χ2v) is 6.27. The van der Waals surface area contributed by atoms with Gasteiger partial charge >= 0.3 is 0 Å². The summed E-state index contributed by atoms with van der Waals surface area (Å²) in [6.07, 6.45) is 5.07. The van der Waals surface area contributed by atoms with Crippen molar-refractivity contribution in [1.82, 2.24) is 10.2 Å². The highest BCUT2D eigenvalue weighted by Gasteiger charge is 2.27. The molecule has 1 saturated heterocycles. The predicted octanol–water partition coefficient (Wildman–Crippen LogP) is 2.20. The quantitative estimate of drug-likeness (QED) is 0.905. The van der Waals surface area contributed by atoms with Crippen molar-refractivity contribution in [1.29, 1.82) is 0 Å². The van der Waals surface area contributed by atoms with Gasteiger partial charge in [0.1, 0.15) is 6.04 Å². The molecule has 0 spiro atoms. The predicted molar refractivity (Wildman–Crippen MR) is 80.7 cm³/mol. The third-order valence-electron chi connectivity index (χ3n) is 3.76. The minimum atomic E-state index is -0.285. The van der Waals surface area contributed by atoms with Gasteiger partial charge in [-0.25, -0.2) is 0 Å². The van der Waals surface area contributed by atoms with Crippen LogP contribution in [-0.4, -0.2) is 36.3 Å². The molecule has 0 saturated carbocycles. The zero-order chi connectivity index (χ0) is 14.4. The molecule has 4 nitrogen and oxygen atoms in total. The van der Waals surface area contributed by atoms with Gasteiger partial charge < -0.3 is 10.2 Å². The zero-order valence-electron chi connectivity index (χ0n) is 11.9. The lowest BCUT2D eigenvalue weighted by molar-refractivity contribution is -0.138. The van der Waals surface area contributed by atoms with Gasteiger partial charge in [-0.05, 0) is 43.6 Å². The van der Waals surface area contributed by atoms with E-state index >= 15 is 0 Å². The van der Waals surface area contributed by atoms with Crippen LogP contribution < -0.4 is 5.32 Å². The second kappa shape index (κ2) is 7.43. The third kappa shape index (κ3) is 4.07. The largest absolute Gasteiger partial charge is 0.354 e. The van der Waals surface area contributed by atoms with E-state index in [1.54, 1.807) is 23.3 Å². The molecule has 2 heterocycles. The molecule has 1 aliphatic heterocycles. The van der Waals surface area contributed by atoms with E-state index in [1.807, 2.05) is 6.07 Å². The molecule has 0 aliphatic carbocycles. The van der Waals surface area contributed by atoms with Crippen LogP contribution in [0.5, 0.6) is 0 Å². The molecule has 1 aliphatic rings. The highest BCUT2D eigenvalue weighted by molar-refractivity contribution is 7.09. The molecular formula is C15H22N2O2S. The van der Waals surface area contributed by atoms with E-state index in [9.17, 15) is 9.59 Å². The van der Waals surface area contributed by atoms with Crippen LogP contribution in [0.1, 0.15) is 37.0 Å². The summed E-state index contributed by atoms with van der Waals surface area (Å²) in [6.45, 7) is 0.732. The van der Waals surface area contributed by atoms with Crippen LogP contribution in [0.25, 0.3) is 0 Å². The zero-order valence-corrected chi connectivity index (χ0v) is 12.7. The highest BCUT2D eigenvalue weighted by atomic mass is 32.1. The first-order valence-corrected chi connectivity index (χ1v) is 8.12. The monoisotopic (exact) mass is 294 g/mol. The van der Waals surface area contributed by atoms with Crippen molar-refractivity contribution in [3.05, 3.63) is 22.4 Å². The Morgan fingerprint density at radius 1 is 1.50 bits per heavy atom. The van der Waals surface area contributed by atoms with Gasteiger partial charge in [-0.1, -0.05) is 6.07 Å². The summed E-state index contributed by atoms with van der Waals surface area (Å²) in [4.78, 5) is 27.0. The van der Waals surface area contributed by atoms with Gasteiger partial charge in [0.2, 0.25) is 11.8 Å². The standard InChI is InChI=1S/C15H22N2O2S/c1-17(13-8-2-3-10-16-15(13)19)14(18)9-4-6-12-7-5-11-20-12/h5,7,11,13H,2-4,6,8-10H2,1H3,(H,16,19)/t13-/m0/s1. The van der Waals surface area contributed by atoms with Gasteiger partial charge in [0.05, 0.1) is 0 Å². The van der Waals surface area contributed by atoms with E-state index in [1.165, 1.54) is 4.88 Å².